The average molecular weight is 572 g/mol. The maximum atomic E-state index is 13.6. The summed E-state index contributed by atoms with van der Waals surface area (Å²) in [5.74, 6) is -0.0719. The molecule has 0 saturated heterocycles. The lowest BCUT2D eigenvalue weighted by molar-refractivity contribution is -0.143. The normalized spacial score (nSPS) is 12.5. The minimum atomic E-state index is -0.709. The van der Waals surface area contributed by atoms with Crippen molar-refractivity contribution in [3.05, 3.63) is 99.0 Å². The molecule has 0 saturated carbocycles. The Morgan fingerprint density at radius 3 is 2.36 bits per heavy atom. The highest BCUT2D eigenvalue weighted by atomic mass is 79.9. The molecule has 3 aromatic rings. The van der Waals surface area contributed by atoms with Crippen LogP contribution in [0.5, 0.6) is 5.75 Å². The SMILES string of the molecule is CC[C@@H](C)NC(=O)[C@@H](Cc1ccccc1)N(Cc1ccc(C)cc1)C(=O)COc1ccc(Br)cc1Cl. The zero-order valence-electron chi connectivity index (χ0n) is 20.8. The fraction of sp³-hybridized carbons (Fsp3) is 0.310. The van der Waals surface area contributed by atoms with Crippen LogP contribution in [0.2, 0.25) is 5.02 Å². The molecule has 2 amide bonds. The number of rotatable bonds is 11. The van der Waals surface area contributed by atoms with E-state index in [9.17, 15) is 9.59 Å². The third-order valence-electron chi connectivity index (χ3n) is 5.99. The predicted molar refractivity (Wildman–Crippen MR) is 148 cm³/mol. The Morgan fingerprint density at radius 2 is 1.72 bits per heavy atom. The molecule has 0 aliphatic heterocycles. The van der Waals surface area contributed by atoms with Crippen molar-refractivity contribution in [3.63, 3.8) is 0 Å². The van der Waals surface area contributed by atoms with Crippen LogP contribution < -0.4 is 10.1 Å². The van der Waals surface area contributed by atoms with Crippen molar-refractivity contribution in [3.8, 4) is 5.75 Å². The first-order valence-corrected chi connectivity index (χ1v) is 13.2. The second kappa shape index (κ2) is 13.5. The van der Waals surface area contributed by atoms with Crippen LogP contribution in [-0.4, -0.2) is 35.4 Å². The number of carbonyl (C=O) groups is 2. The fourth-order valence-electron chi connectivity index (χ4n) is 3.70. The number of aryl methyl sites for hydroxylation is 1. The number of nitrogens with one attached hydrogen (secondary N) is 1. The summed E-state index contributed by atoms with van der Waals surface area (Å²) in [5.41, 5.74) is 3.03. The number of hydrogen-bond acceptors (Lipinski definition) is 3. The molecule has 0 aromatic heterocycles. The molecule has 3 rings (SSSR count). The predicted octanol–water partition coefficient (Wildman–Crippen LogP) is 6.34. The summed E-state index contributed by atoms with van der Waals surface area (Å²) in [7, 11) is 0. The monoisotopic (exact) mass is 570 g/mol. The van der Waals surface area contributed by atoms with Gasteiger partial charge < -0.3 is 15.0 Å². The standard InChI is InChI=1S/C29H32BrClN2O3/c1-4-21(3)32-29(35)26(16-22-8-6-5-7-9-22)33(18-23-12-10-20(2)11-13-23)28(34)19-36-27-15-14-24(30)17-25(27)31/h5-15,17,21,26H,4,16,18-19H2,1-3H3,(H,32,35)/t21-,26-/m1/s1. The molecule has 36 heavy (non-hydrogen) atoms. The van der Waals surface area contributed by atoms with Gasteiger partial charge in [0.1, 0.15) is 11.8 Å². The van der Waals surface area contributed by atoms with Crippen LogP contribution in [0.25, 0.3) is 0 Å². The Balaban J connectivity index is 1.91. The van der Waals surface area contributed by atoms with Crippen molar-refractivity contribution < 1.29 is 14.3 Å². The third-order valence-corrected chi connectivity index (χ3v) is 6.78. The van der Waals surface area contributed by atoms with Gasteiger partial charge in [0.2, 0.25) is 5.91 Å². The van der Waals surface area contributed by atoms with E-state index >= 15 is 0 Å². The molecule has 0 bridgehead atoms. The Morgan fingerprint density at radius 1 is 1.03 bits per heavy atom. The molecule has 0 unspecified atom stereocenters. The third kappa shape index (κ3) is 8.10. The number of hydrogen-bond donors (Lipinski definition) is 1. The molecule has 0 aliphatic rings. The first-order chi connectivity index (χ1) is 17.3. The summed E-state index contributed by atoms with van der Waals surface area (Å²) < 4.78 is 6.61. The summed E-state index contributed by atoms with van der Waals surface area (Å²) in [5, 5.41) is 3.47. The summed E-state index contributed by atoms with van der Waals surface area (Å²) >= 11 is 9.66. The van der Waals surface area contributed by atoms with E-state index in [2.05, 4.69) is 21.2 Å². The van der Waals surface area contributed by atoms with Gasteiger partial charge in [0.25, 0.3) is 5.91 Å². The minimum Gasteiger partial charge on any atom is -0.482 e. The van der Waals surface area contributed by atoms with Crippen LogP contribution in [-0.2, 0) is 22.6 Å². The van der Waals surface area contributed by atoms with Gasteiger partial charge in [0.05, 0.1) is 5.02 Å². The lowest BCUT2D eigenvalue weighted by Crippen LogP contribution is -2.53. The minimum absolute atomic E-state index is 0.00933. The van der Waals surface area contributed by atoms with Crippen LogP contribution in [0.4, 0.5) is 0 Å². The lowest BCUT2D eigenvalue weighted by atomic mass is 10.0. The van der Waals surface area contributed by atoms with E-state index in [0.29, 0.717) is 17.2 Å². The zero-order chi connectivity index (χ0) is 26.1. The molecule has 0 spiro atoms. The van der Waals surface area contributed by atoms with Crippen LogP contribution in [0.15, 0.2) is 77.3 Å². The Kier molecular flexibility index (Phi) is 10.4. The van der Waals surface area contributed by atoms with Gasteiger partial charge in [-0.1, -0.05) is 94.6 Å². The van der Waals surface area contributed by atoms with E-state index in [1.54, 1.807) is 23.1 Å². The molecule has 2 atom stereocenters. The molecular weight excluding hydrogens is 540 g/mol. The highest BCUT2D eigenvalue weighted by Crippen LogP contribution is 2.28. The molecular formula is C29H32BrClN2O3. The second-order valence-corrected chi connectivity index (χ2v) is 10.2. The van der Waals surface area contributed by atoms with Gasteiger partial charge in [-0.3, -0.25) is 9.59 Å². The van der Waals surface area contributed by atoms with Gasteiger partial charge in [0.15, 0.2) is 6.61 Å². The van der Waals surface area contributed by atoms with Gasteiger partial charge in [0, 0.05) is 23.5 Å². The Bertz CT molecular complexity index is 1150. The second-order valence-electron chi connectivity index (χ2n) is 8.89. The van der Waals surface area contributed by atoms with Gasteiger partial charge in [-0.15, -0.1) is 0 Å². The molecule has 5 nitrogen and oxygen atoms in total. The van der Waals surface area contributed by atoms with Crippen molar-refractivity contribution in [2.75, 3.05) is 6.61 Å². The molecule has 3 aromatic carbocycles. The summed E-state index contributed by atoms with van der Waals surface area (Å²) in [6.45, 7) is 6.03. The van der Waals surface area contributed by atoms with Gasteiger partial charge in [-0.2, -0.15) is 0 Å². The van der Waals surface area contributed by atoms with Gasteiger partial charge in [-0.05, 0) is 49.6 Å². The summed E-state index contributed by atoms with van der Waals surface area (Å²) in [6, 6.07) is 22.2. The summed E-state index contributed by atoms with van der Waals surface area (Å²) in [6.07, 6.45) is 1.18. The van der Waals surface area contributed by atoms with Crippen molar-refractivity contribution in [2.45, 2.75) is 52.2 Å². The van der Waals surface area contributed by atoms with E-state index in [-0.39, 0.29) is 31.0 Å². The van der Waals surface area contributed by atoms with Crippen LogP contribution >= 0.6 is 27.5 Å². The number of benzene rings is 3. The Hall–Kier alpha value is -2.83. The van der Waals surface area contributed by atoms with Crippen molar-refractivity contribution >= 4 is 39.3 Å². The largest absolute Gasteiger partial charge is 0.482 e. The topological polar surface area (TPSA) is 58.6 Å². The number of carbonyl (C=O) groups excluding carboxylic acids is 2. The highest BCUT2D eigenvalue weighted by Gasteiger charge is 2.31. The Labute approximate surface area is 226 Å². The molecule has 0 fully saturated rings. The van der Waals surface area contributed by atoms with Crippen molar-refractivity contribution in [1.29, 1.82) is 0 Å². The van der Waals surface area contributed by atoms with E-state index in [4.69, 9.17) is 16.3 Å². The lowest BCUT2D eigenvalue weighted by Gasteiger charge is -2.32. The van der Waals surface area contributed by atoms with E-state index < -0.39 is 6.04 Å². The quantitative estimate of drug-likeness (QED) is 0.292. The fourth-order valence-corrected chi connectivity index (χ4v) is 4.43. The zero-order valence-corrected chi connectivity index (χ0v) is 23.2. The molecule has 0 aliphatic carbocycles. The maximum Gasteiger partial charge on any atom is 0.261 e. The van der Waals surface area contributed by atoms with E-state index in [1.807, 2.05) is 75.4 Å². The first-order valence-electron chi connectivity index (χ1n) is 12.0. The highest BCUT2D eigenvalue weighted by molar-refractivity contribution is 9.10. The van der Waals surface area contributed by atoms with Crippen LogP contribution in [0.3, 0.4) is 0 Å². The summed E-state index contributed by atoms with van der Waals surface area (Å²) in [4.78, 5) is 28.7. The van der Waals surface area contributed by atoms with Crippen LogP contribution in [0, 0.1) is 6.92 Å². The van der Waals surface area contributed by atoms with E-state index in [0.717, 1.165) is 27.6 Å². The molecule has 190 valence electrons. The molecule has 0 radical (unpaired) electrons. The first kappa shape index (κ1) is 27.8. The number of halogens is 2. The van der Waals surface area contributed by atoms with Crippen LogP contribution in [0.1, 0.15) is 37.0 Å². The number of amides is 2. The van der Waals surface area contributed by atoms with E-state index in [1.165, 1.54) is 0 Å². The molecule has 7 heteroatoms. The molecule has 1 N–H and O–H groups in total. The maximum absolute atomic E-state index is 13.6. The number of ether oxygens (including phenoxy) is 1. The smallest absolute Gasteiger partial charge is 0.261 e. The van der Waals surface area contributed by atoms with Gasteiger partial charge >= 0.3 is 0 Å². The number of nitrogens with zero attached hydrogens (tertiary/aromatic N) is 1. The van der Waals surface area contributed by atoms with Gasteiger partial charge in [-0.25, -0.2) is 0 Å². The van der Waals surface area contributed by atoms with Crippen molar-refractivity contribution in [2.24, 2.45) is 0 Å². The van der Waals surface area contributed by atoms with Crippen molar-refractivity contribution in [1.82, 2.24) is 10.2 Å². The average Bonchev–Trinajstić information content (AvgIpc) is 2.87. The molecule has 0 heterocycles.